The number of carbonyl (C=O) groups is 1. The second kappa shape index (κ2) is 8.30. The molecule has 0 aliphatic carbocycles. The predicted octanol–water partition coefficient (Wildman–Crippen LogP) is 4.09. The van der Waals surface area contributed by atoms with Gasteiger partial charge in [0.25, 0.3) is 0 Å². The van der Waals surface area contributed by atoms with Gasteiger partial charge in [0.05, 0.1) is 16.4 Å². The minimum Gasteiger partial charge on any atom is -0.397 e. The third-order valence-corrected chi connectivity index (χ3v) is 4.97. The average molecular weight is 386 g/mol. The maximum absolute atomic E-state index is 11.8. The number of pyridine rings is 1. The first-order valence-corrected chi connectivity index (χ1v) is 9.57. The van der Waals surface area contributed by atoms with Crippen LogP contribution in [-0.4, -0.2) is 27.3 Å². The maximum Gasteiger partial charge on any atom is 0.413 e. The van der Waals surface area contributed by atoms with Crippen LogP contribution in [0.2, 0.25) is 0 Å². The molecule has 3 aromatic rings. The van der Waals surface area contributed by atoms with Crippen molar-refractivity contribution in [1.82, 2.24) is 20.4 Å². The molecule has 0 aliphatic heterocycles. The van der Waals surface area contributed by atoms with E-state index >= 15 is 0 Å². The molecule has 0 radical (unpaired) electrons. The molecular weight excluding hydrogens is 364 g/mol. The highest BCUT2D eigenvalue weighted by Gasteiger charge is 2.18. The minimum atomic E-state index is -0.462. The van der Waals surface area contributed by atoms with E-state index in [1.807, 2.05) is 45.9 Å². The Morgan fingerprint density at radius 1 is 1.30 bits per heavy atom. The fourth-order valence-electron chi connectivity index (χ4n) is 2.61. The molecule has 0 aromatic carbocycles. The lowest BCUT2D eigenvalue weighted by Gasteiger charge is -2.07. The van der Waals surface area contributed by atoms with Gasteiger partial charge in [-0.25, -0.2) is 9.78 Å². The van der Waals surface area contributed by atoms with Crippen molar-refractivity contribution >= 4 is 17.4 Å². The number of thiazole rings is 1. The summed E-state index contributed by atoms with van der Waals surface area (Å²) >= 11 is 1.38. The van der Waals surface area contributed by atoms with Gasteiger partial charge in [-0.15, -0.1) is 0 Å². The van der Waals surface area contributed by atoms with E-state index in [9.17, 15) is 4.79 Å². The summed E-state index contributed by atoms with van der Waals surface area (Å²) in [6.45, 7) is 7.49. The summed E-state index contributed by atoms with van der Waals surface area (Å²) in [5.74, 6) is 0.775. The van der Waals surface area contributed by atoms with E-state index in [0.717, 1.165) is 27.7 Å². The van der Waals surface area contributed by atoms with Gasteiger partial charge in [-0.05, 0) is 46.2 Å². The Kier molecular flexibility index (Phi) is 5.85. The SMILES string of the molecule is Cc1nc(CCc2c(-c3ccccn3)noc2C)sc1OC(=O)NC(C)C. The Hall–Kier alpha value is -2.74. The molecular formula is C19H22N4O3S. The average Bonchev–Trinajstić information content (AvgIpc) is 3.16. The highest BCUT2D eigenvalue weighted by molar-refractivity contribution is 7.13. The van der Waals surface area contributed by atoms with Crippen molar-refractivity contribution in [3.05, 3.63) is 46.4 Å². The molecule has 142 valence electrons. The molecule has 7 nitrogen and oxygen atoms in total. The van der Waals surface area contributed by atoms with Gasteiger partial charge in [-0.3, -0.25) is 4.98 Å². The molecule has 1 N–H and O–H groups in total. The van der Waals surface area contributed by atoms with Crippen LogP contribution in [0.15, 0.2) is 28.9 Å². The van der Waals surface area contributed by atoms with Gasteiger partial charge in [0.2, 0.25) is 5.06 Å². The zero-order valence-corrected chi connectivity index (χ0v) is 16.6. The van der Waals surface area contributed by atoms with Crippen molar-refractivity contribution in [3.63, 3.8) is 0 Å². The van der Waals surface area contributed by atoms with Gasteiger partial charge in [-0.2, -0.15) is 0 Å². The zero-order chi connectivity index (χ0) is 19.4. The summed E-state index contributed by atoms with van der Waals surface area (Å²) < 4.78 is 10.7. The summed E-state index contributed by atoms with van der Waals surface area (Å²) in [6, 6.07) is 5.72. The van der Waals surface area contributed by atoms with Crippen molar-refractivity contribution in [2.24, 2.45) is 0 Å². The molecule has 0 aliphatic rings. The van der Waals surface area contributed by atoms with Crippen LogP contribution < -0.4 is 10.1 Å². The quantitative estimate of drug-likeness (QED) is 0.686. The number of ether oxygens (including phenoxy) is 1. The van der Waals surface area contributed by atoms with Crippen LogP contribution >= 0.6 is 11.3 Å². The van der Waals surface area contributed by atoms with Crippen molar-refractivity contribution in [2.75, 3.05) is 0 Å². The molecule has 0 unspecified atom stereocenters. The number of carbonyl (C=O) groups excluding carboxylic acids is 1. The fourth-order valence-corrected chi connectivity index (χ4v) is 3.52. The van der Waals surface area contributed by atoms with E-state index in [1.54, 1.807) is 6.20 Å². The normalized spacial score (nSPS) is 11.0. The minimum absolute atomic E-state index is 0.0202. The monoisotopic (exact) mass is 386 g/mol. The van der Waals surface area contributed by atoms with E-state index in [0.29, 0.717) is 23.6 Å². The highest BCUT2D eigenvalue weighted by Crippen LogP contribution is 2.29. The molecule has 8 heteroatoms. The summed E-state index contributed by atoms with van der Waals surface area (Å²) in [5.41, 5.74) is 3.27. The molecule has 27 heavy (non-hydrogen) atoms. The number of hydrogen-bond donors (Lipinski definition) is 1. The van der Waals surface area contributed by atoms with Crippen LogP contribution in [0.3, 0.4) is 0 Å². The van der Waals surface area contributed by atoms with Crippen LogP contribution in [0.1, 0.15) is 35.9 Å². The molecule has 0 saturated carbocycles. The van der Waals surface area contributed by atoms with Crippen LogP contribution in [0.5, 0.6) is 5.06 Å². The van der Waals surface area contributed by atoms with E-state index in [4.69, 9.17) is 9.26 Å². The molecule has 3 heterocycles. The number of nitrogens with one attached hydrogen (secondary N) is 1. The Morgan fingerprint density at radius 2 is 2.11 bits per heavy atom. The zero-order valence-electron chi connectivity index (χ0n) is 15.8. The first-order chi connectivity index (χ1) is 12.9. The Labute approximate surface area is 161 Å². The van der Waals surface area contributed by atoms with Gasteiger partial charge in [0.15, 0.2) is 0 Å². The van der Waals surface area contributed by atoms with Crippen LogP contribution in [0.25, 0.3) is 11.4 Å². The maximum atomic E-state index is 11.8. The summed E-state index contributed by atoms with van der Waals surface area (Å²) in [4.78, 5) is 20.7. The molecule has 1 amide bonds. The number of aryl methyl sites for hydroxylation is 3. The third kappa shape index (κ3) is 4.71. The van der Waals surface area contributed by atoms with Gasteiger partial charge in [0.1, 0.15) is 11.5 Å². The van der Waals surface area contributed by atoms with Crippen molar-refractivity contribution in [1.29, 1.82) is 0 Å². The molecule has 0 atom stereocenters. The van der Waals surface area contributed by atoms with Crippen molar-refractivity contribution < 1.29 is 14.1 Å². The fraction of sp³-hybridized carbons (Fsp3) is 0.368. The van der Waals surface area contributed by atoms with E-state index in [2.05, 4.69) is 20.4 Å². The topological polar surface area (TPSA) is 90.1 Å². The molecule has 0 bridgehead atoms. The lowest BCUT2D eigenvalue weighted by molar-refractivity contribution is 0.199. The Morgan fingerprint density at radius 3 is 2.81 bits per heavy atom. The summed E-state index contributed by atoms with van der Waals surface area (Å²) in [6.07, 6.45) is 2.68. The van der Waals surface area contributed by atoms with E-state index in [-0.39, 0.29) is 6.04 Å². The van der Waals surface area contributed by atoms with E-state index in [1.165, 1.54) is 11.3 Å². The van der Waals surface area contributed by atoms with Crippen LogP contribution in [0, 0.1) is 13.8 Å². The number of aromatic nitrogens is 3. The highest BCUT2D eigenvalue weighted by atomic mass is 32.1. The molecule has 3 rings (SSSR count). The molecule has 3 aromatic heterocycles. The van der Waals surface area contributed by atoms with Crippen molar-refractivity contribution in [2.45, 2.75) is 46.6 Å². The number of rotatable bonds is 6. The first kappa shape index (κ1) is 19.0. The molecule has 0 saturated heterocycles. The van der Waals surface area contributed by atoms with Gasteiger partial charge in [0, 0.05) is 24.2 Å². The number of nitrogens with zero attached hydrogens (tertiary/aromatic N) is 3. The van der Waals surface area contributed by atoms with Crippen molar-refractivity contribution in [3.8, 4) is 16.5 Å². The standard InChI is InChI=1S/C19H22N4O3S/c1-11(2)21-19(24)25-18-12(3)22-16(27-18)9-8-14-13(4)26-23-17(14)15-7-5-6-10-20-15/h5-7,10-11H,8-9H2,1-4H3,(H,21,24). The van der Waals surface area contributed by atoms with E-state index < -0.39 is 6.09 Å². The third-order valence-electron chi connectivity index (χ3n) is 3.87. The largest absolute Gasteiger partial charge is 0.413 e. The van der Waals surface area contributed by atoms with Crippen LogP contribution in [-0.2, 0) is 12.8 Å². The number of hydrogen-bond acceptors (Lipinski definition) is 7. The second-order valence-corrected chi connectivity index (χ2v) is 7.50. The predicted molar refractivity (Wildman–Crippen MR) is 103 cm³/mol. The first-order valence-electron chi connectivity index (χ1n) is 8.75. The van der Waals surface area contributed by atoms with Gasteiger partial charge < -0.3 is 14.6 Å². The second-order valence-electron chi connectivity index (χ2n) is 6.45. The molecule has 0 spiro atoms. The van der Waals surface area contributed by atoms with Crippen LogP contribution in [0.4, 0.5) is 4.79 Å². The summed E-state index contributed by atoms with van der Waals surface area (Å²) in [5, 5.41) is 8.28. The molecule has 0 fully saturated rings. The van der Waals surface area contributed by atoms with Gasteiger partial charge in [-0.1, -0.05) is 22.6 Å². The Bertz CT molecular complexity index is 918. The van der Waals surface area contributed by atoms with Gasteiger partial charge >= 0.3 is 6.09 Å². The number of amides is 1. The lowest BCUT2D eigenvalue weighted by Crippen LogP contribution is -2.32. The smallest absolute Gasteiger partial charge is 0.397 e. The lowest BCUT2D eigenvalue weighted by atomic mass is 10.1. The Balaban J connectivity index is 1.71. The summed E-state index contributed by atoms with van der Waals surface area (Å²) in [7, 11) is 0.